The van der Waals surface area contributed by atoms with E-state index in [1.165, 1.54) is 5.82 Å². The van der Waals surface area contributed by atoms with E-state index in [1.807, 2.05) is 0 Å². The lowest BCUT2D eigenvalue weighted by molar-refractivity contribution is 0.556. The minimum Gasteiger partial charge on any atom is -0.333 e. The van der Waals surface area contributed by atoms with Gasteiger partial charge in [-0.1, -0.05) is 0 Å². The quantitative estimate of drug-likeness (QED) is 0.614. The van der Waals surface area contributed by atoms with Gasteiger partial charge in [0.15, 0.2) is 0 Å². The van der Waals surface area contributed by atoms with Crippen molar-refractivity contribution in [1.82, 2.24) is 14.9 Å². The number of imidazole rings is 1. The van der Waals surface area contributed by atoms with Crippen molar-refractivity contribution >= 4 is 0 Å². The molecule has 66 valence electrons. The van der Waals surface area contributed by atoms with Gasteiger partial charge in [0.1, 0.15) is 5.82 Å². The lowest BCUT2D eigenvalue weighted by Crippen LogP contribution is -2.27. The van der Waals surface area contributed by atoms with Gasteiger partial charge in [0, 0.05) is 31.7 Å². The molecule has 1 N–H and O–H groups in total. The van der Waals surface area contributed by atoms with E-state index in [0.717, 1.165) is 25.2 Å². The average molecular weight is 165 g/mol. The number of aryl methyl sites for hydroxylation is 1. The van der Waals surface area contributed by atoms with Crippen LogP contribution in [0.2, 0.25) is 0 Å². The van der Waals surface area contributed by atoms with E-state index >= 15 is 0 Å². The maximum atomic E-state index is 4.48. The van der Waals surface area contributed by atoms with Crippen molar-refractivity contribution in [3.8, 4) is 0 Å². The summed E-state index contributed by atoms with van der Waals surface area (Å²) in [4.78, 5) is 4.48. The van der Waals surface area contributed by atoms with Gasteiger partial charge < -0.3 is 9.88 Å². The summed E-state index contributed by atoms with van der Waals surface area (Å²) >= 11 is 0. The molecule has 1 aromatic heterocycles. The first-order chi connectivity index (χ1) is 5.75. The minimum absolute atomic E-state index is 0.563. The van der Waals surface area contributed by atoms with Crippen molar-refractivity contribution in [1.29, 1.82) is 0 Å². The Balaban J connectivity index is 2.30. The van der Waals surface area contributed by atoms with Gasteiger partial charge in [0.05, 0.1) is 5.69 Å². The van der Waals surface area contributed by atoms with Crippen LogP contribution in [0.1, 0.15) is 18.4 Å². The average Bonchev–Trinajstić information content (AvgIpc) is 2.23. The minimum atomic E-state index is 0.563. The molecule has 0 radical (unpaired) electrons. The number of fused-ring (bicyclic) bond motifs is 1. The predicted molar refractivity (Wildman–Crippen MR) is 48.1 cm³/mol. The SMILES string of the molecule is Cc1cn2c(n1)CC(C)NCC2. The molecular weight excluding hydrogens is 150 g/mol. The fraction of sp³-hybridized carbons (Fsp3) is 0.667. The standard InChI is InChI=1S/C9H15N3/c1-7-5-9-11-8(2)6-12(9)4-3-10-7/h6-7,10H,3-5H2,1-2H3. The van der Waals surface area contributed by atoms with E-state index in [1.54, 1.807) is 0 Å². The van der Waals surface area contributed by atoms with Crippen molar-refractivity contribution in [2.24, 2.45) is 0 Å². The molecule has 2 rings (SSSR count). The fourth-order valence-electron chi connectivity index (χ4n) is 1.73. The smallest absolute Gasteiger partial charge is 0.110 e. The van der Waals surface area contributed by atoms with Crippen molar-refractivity contribution in [3.05, 3.63) is 17.7 Å². The molecule has 1 aliphatic rings. The molecule has 0 bridgehead atoms. The summed E-state index contributed by atoms with van der Waals surface area (Å²) in [5.41, 5.74) is 1.14. The largest absolute Gasteiger partial charge is 0.333 e. The normalized spacial score (nSPS) is 23.3. The Morgan fingerprint density at radius 2 is 2.50 bits per heavy atom. The summed E-state index contributed by atoms with van der Waals surface area (Å²) in [6.07, 6.45) is 3.18. The molecule has 0 saturated carbocycles. The lowest BCUT2D eigenvalue weighted by atomic mass is 10.2. The van der Waals surface area contributed by atoms with Crippen LogP contribution in [-0.4, -0.2) is 22.1 Å². The highest BCUT2D eigenvalue weighted by Crippen LogP contribution is 2.07. The zero-order valence-electron chi connectivity index (χ0n) is 7.67. The number of rotatable bonds is 0. The van der Waals surface area contributed by atoms with Gasteiger partial charge in [-0.3, -0.25) is 0 Å². The van der Waals surface area contributed by atoms with Crippen molar-refractivity contribution in [2.45, 2.75) is 32.9 Å². The van der Waals surface area contributed by atoms with Crippen LogP contribution in [0.5, 0.6) is 0 Å². The molecule has 1 aliphatic heterocycles. The van der Waals surface area contributed by atoms with Gasteiger partial charge in [0.2, 0.25) is 0 Å². The third-order valence-electron chi connectivity index (χ3n) is 2.31. The Kier molecular flexibility index (Phi) is 1.89. The van der Waals surface area contributed by atoms with Gasteiger partial charge in [-0.15, -0.1) is 0 Å². The van der Waals surface area contributed by atoms with E-state index in [-0.39, 0.29) is 0 Å². The zero-order chi connectivity index (χ0) is 8.55. The second kappa shape index (κ2) is 2.90. The Hall–Kier alpha value is -0.830. The summed E-state index contributed by atoms with van der Waals surface area (Å²) in [5.74, 6) is 1.23. The van der Waals surface area contributed by atoms with Crippen LogP contribution in [0, 0.1) is 6.92 Å². The molecular formula is C9H15N3. The number of aromatic nitrogens is 2. The molecule has 1 unspecified atom stereocenters. The third kappa shape index (κ3) is 1.37. The van der Waals surface area contributed by atoms with Crippen LogP contribution in [0.25, 0.3) is 0 Å². The number of hydrogen-bond acceptors (Lipinski definition) is 2. The third-order valence-corrected chi connectivity index (χ3v) is 2.31. The molecule has 12 heavy (non-hydrogen) atoms. The lowest BCUT2D eigenvalue weighted by Gasteiger charge is -2.06. The molecule has 2 heterocycles. The molecule has 0 aromatic carbocycles. The first kappa shape index (κ1) is 7.80. The number of hydrogen-bond donors (Lipinski definition) is 1. The van der Waals surface area contributed by atoms with Crippen LogP contribution in [0.4, 0.5) is 0 Å². The highest BCUT2D eigenvalue weighted by molar-refractivity contribution is 5.04. The molecule has 0 aliphatic carbocycles. The van der Waals surface area contributed by atoms with Crippen molar-refractivity contribution < 1.29 is 0 Å². The molecule has 0 saturated heterocycles. The maximum absolute atomic E-state index is 4.48. The molecule has 1 atom stereocenters. The summed E-state index contributed by atoms with van der Waals surface area (Å²) < 4.78 is 2.26. The maximum Gasteiger partial charge on any atom is 0.110 e. The Morgan fingerprint density at radius 1 is 1.67 bits per heavy atom. The van der Waals surface area contributed by atoms with Crippen molar-refractivity contribution in [2.75, 3.05) is 6.54 Å². The van der Waals surface area contributed by atoms with Gasteiger partial charge in [-0.05, 0) is 13.8 Å². The van der Waals surface area contributed by atoms with E-state index in [4.69, 9.17) is 0 Å². The Labute approximate surface area is 72.8 Å². The van der Waals surface area contributed by atoms with E-state index in [2.05, 4.69) is 34.9 Å². The molecule has 0 amide bonds. The first-order valence-electron chi connectivity index (χ1n) is 4.52. The highest BCUT2D eigenvalue weighted by Gasteiger charge is 2.13. The Morgan fingerprint density at radius 3 is 3.33 bits per heavy atom. The number of nitrogens with one attached hydrogen (secondary N) is 1. The van der Waals surface area contributed by atoms with Gasteiger partial charge >= 0.3 is 0 Å². The monoisotopic (exact) mass is 165 g/mol. The summed E-state index contributed by atoms with van der Waals surface area (Å²) in [6, 6.07) is 0.563. The van der Waals surface area contributed by atoms with E-state index in [9.17, 15) is 0 Å². The van der Waals surface area contributed by atoms with Crippen LogP contribution in [0.3, 0.4) is 0 Å². The van der Waals surface area contributed by atoms with Crippen LogP contribution in [-0.2, 0) is 13.0 Å². The Bertz CT molecular complexity index is 277. The topological polar surface area (TPSA) is 29.9 Å². The van der Waals surface area contributed by atoms with E-state index < -0.39 is 0 Å². The fourth-order valence-corrected chi connectivity index (χ4v) is 1.73. The van der Waals surface area contributed by atoms with E-state index in [0.29, 0.717) is 6.04 Å². The van der Waals surface area contributed by atoms with Crippen LogP contribution in [0.15, 0.2) is 6.20 Å². The second-order valence-corrected chi connectivity index (χ2v) is 3.55. The second-order valence-electron chi connectivity index (χ2n) is 3.55. The molecule has 3 heteroatoms. The molecule has 0 spiro atoms. The molecule has 0 fully saturated rings. The predicted octanol–water partition coefficient (Wildman–Crippen LogP) is 0.726. The summed E-state index contributed by atoms with van der Waals surface area (Å²) in [7, 11) is 0. The van der Waals surface area contributed by atoms with Crippen LogP contribution >= 0.6 is 0 Å². The highest BCUT2D eigenvalue weighted by atomic mass is 15.1. The number of nitrogens with zero attached hydrogens (tertiary/aromatic N) is 2. The molecule has 3 nitrogen and oxygen atoms in total. The summed E-state index contributed by atoms with van der Waals surface area (Å²) in [6.45, 7) is 6.38. The van der Waals surface area contributed by atoms with Gasteiger partial charge in [-0.2, -0.15) is 0 Å². The first-order valence-corrected chi connectivity index (χ1v) is 4.52. The van der Waals surface area contributed by atoms with Crippen molar-refractivity contribution in [3.63, 3.8) is 0 Å². The van der Waals surface area contributed by atoms with Gasteiger partial charge in [-0.25, -0.2) is 4.98 Å². The van der Waals surface area contributed by atoms with Crippen LogP contribution < -0.4 is 5.32 Å². The zero-order valence-corrected chi connectivity index (χ0v) is 7.67. The molecule has 1 aromatic rings. The van der Waals surface area contributed by atoms with Gasteiger partial charge in [0.25, 0.3) is 0 Å². The summed E-state index contributed by atoms with van der Waals surface area (Å²) in [5, 5.41) is 3.44.